The maximum atomic E-state index is 12.3. The van der Waals surface area contributed by atoms with Gasteiger partial charge in [-0.25, -0.2) is 0 Å². The second kappa shape index (κ2) is 5.32. The van der Waals surface area contributed by atoms with Crippen LogP contribution in [0.5, 0.6) is 0 Å². The summed E-state index contributed by atoms with van der Waals surface area (Å²) in [6, 6.07) is 8.20. The number of benzene rings is 1. The first-order chi connectivity index (χ1) is 8.24. The summed E-state index contributed by atoms with van der Waals surface area (Å²) in [7, 11) is 0. The fourth-order valence-corrected chi connectivity index (χ4v) is 2.29. The molecule has 1 aromatic carbocycles. The average molecular weight is 232 g/mol. The summed E-state index contributed by atoms with van der Waals surface area (Å²) < 4.78 is 0. The lowest BCUT2D eigenvalue weighted by molar-refractivity contribution is -0.121. The summed E-state index contributed by atoms with van der Waals surface area (Å²) in [4.78, 5) is 14.2. The molecule has 1 aromatic rings. The molecular formula is C14H20N2O. The molecule has 0 bridgehead atoms. The second-order valence-corrected chi connectivity index (χ2v) is 4.71. The zero-order chi connectivity index (χ0) is 12.3. The van der Waals surface area contributed by atoms with E-state index in [1.807, 2.05) is 30.0 Å². The SMILES string of the molecule is CC(CN)C(=O)N1CCCCc2ccccc21. The Morgan fingerprint density at radius 2 is 2.18 bits per heavy atom. The van der Waals surface area contributed by atoms with Crippen LogP contribution in [0.25, 0.3) is 0 Å². The fourth-order valence-electron chi connectivity index (χ4n) is 2.29. The minimum atomic E-state index is -0.0962. The molecule has 17 heavy (non-hydrogen) atoms. The lowest BCUT2D eigenvalue weighted by Crippen LogP contribution is -2.38. The van der Waals surface area contributed by atoms with Crippen molar-refractivity contribution in [2.24, 2.45) is 11.7 Å². The van der Waals surface area contributed by atoms with Gasteiger partial charge in [0.05, 0.1) is 0 Å². The third-order valence-corrected chi connectivity index (χ3v) is 3.40. The molecule has 3 nitrogen and oxygen atoms in total. The predicted molar refractivity (Wildman–Crippen MR) is 70.0 cm³/mol. The smallest absolute Gasteiger partial charge is 0.231 e. The van der Waals surface area contributed by atoms with E-state index in [1.54, 1.807) is 0 Å². The van der Waals surface area contributed by atoms with Gasteiger partial charge in [-0.1, -0.05) is 25.1 Å². The summed E-state index contributed by atoms with van der Waals surface area (Å²) in [5.74, 6) is 0.0583. The molecule has 0 spiro atoms. The number of nitrogens with two attached hydrogens (primary N) is 1. The largest absolute Gasteiger partial charge is 0.330 e. The maximum absolute atomic E-state index is 12.3. The normalized spacial score (nSPS) is 17.2. The van der Waals surface area contributed by atoms with Crippen molar-refractivity contribution >= 4 is 11.6 Å². The van der Waals surface area contributed by atoms with Crippen LogP contribution in [-0.2, 0) is 11.2 Å². The Hall–Kier alpha value is -1.35. The Morgan fingerprint density at radius 3 is 2.94 bits per heavy atom. The van der Waals surface area contributed by atoms with Gasteiger partial charge in [-0.05, 0) is 30.9 Å². The highest BCUT2D eigenvalue weighted by Gasteiger charge is 2.23. The molecule has 1 atom stereocenters. The Bertz CT molecular complexity index is 403. The topological polar surface area (TPSA) is 46.3 Å². The van der Waals surface area contributed by atoms with Crippen LogP contribution in [0.3, 0.4) is 0 Å². The fraction of sp³-hybridized carbons (Fsp3) is 0.500. The molecule has 0 fully saturated rings. The zero-order valence-electron chi connectivity index (χ0n) is 10.4. The zero-order valence-corrected chi connectivity index (χ0v) is 10.4. The van der Waals surface area contributed by atoms with Crippen LogP contribution < -0.4 is 10.6 Å². The molecule has 92 valence electrons. The van der Waals surface area contributed by atoms with Crippen molar-refractivity contribution in [1.29, 1.82) is 0 Å². The van der Waals surface area contributed by atoms with Crippen molar-refractivity contribution in [3.05, 3.63) is 29.8 Å². The Morgan fingerprint density at radius 1 is 1.41 bits per heavy atom. The molecule has 0 radical (unpaired) electrons. The van der Waals surface area contributed by atoms with Crippen molar-refractivity contribution in [2.45, 2.75) is 26.2 Å². The first-order valence-corrected chi connectivity index (χ1v) is 6.33. The van der Waals surface area contributed by atoms with Crippen molar-refractivity contribution < 1.29 is 4.79 Å². The highest BCUT2D eigenvalue weighted by Crippen LogP contribution is 2.27. The number of carbonyl (C=O) groups excluding carboxylic acids is 1. The number of hydrogen-bond acceptors (Lipinski definition) is 2. The van der Waals surface area contributed by atoms with Gasteiger partial charge in [-0.15, -0.1) is 0 Å². The standard InChI is InChI=1S/C14H20N2O/c1-11(10-15)14(17)16-9-5-4-7-12-6-2-3-8-13(12)16/h2-3,6,8,11H,4-5,7,9-10,15H2,1H3. The molecular weight excluding hydrogens is 212 g/mol. The first kappa shape index (κ1) is 12.1. The van der Waals surface area contributed by atoms with E-state index in [-0.39, 0.29) is 11.8 Å². The molecule has 3 heteroatoms. The van der Waals surface area contributed by atoms with Crippen molar-refractivity contribution in [1.82, 2.24) is 0 Å². The van der Waals surface area contributed by atoms with Gasteiger partial charge in [0.2, 0.25) is 5.91 Å². The molecule has 1 unspecified atom stereocenters. The molecule has 1 aliphatic rings. The van der Waals surface area contributed by atoms with Gasteiger partial charge in [0.25, 0.3) is 0 Å². The molecule has 1 aliphatic heterocycles. The molecule has 1 amide bonds. The van der Waals surface area contributed by atoms with E-state index in [0.29, 0.717) is 6.54 Å². The number of rotatable bonds is 2. The van der Waals surface area contributed by atoms with Gasteiger partial charge >= 0.3 is 0 Å². The van der Waals surface area contributed by atoms with Crippen LogP contribution in [0.1, 0.15) is 25.3 Å². The van der Waals surface area contributed by atoms with Crippen molar-refractivity contribution in [2.75, 3.05) is 18.0 Å². The van der Waals surface area contributed by atoms with E-state index in [2.05, 4.69) is 6.07 Å². The van der Waals surface area contributed by atoms with E-state index in [9.17, 15) is 4.79 Å². The van der Waals surface area contributed by atoms with Gasteiger partial charge < -0.3 is 10.6 Å². The number of hydrogen-bond donors (Lipinski definition) is 1. The summed E-state index contributed by atoms with van der Waals surface area (Å²) in [5.41, 5.74) is 7.95. The van der Waals surface area contributed by atoms with E-state index >= 15 is 0 Å². The number of fused-ring (bicyclic) bond motifs is 1. The van der Waals surface area contributed by atoms with Crippen LogP contribution in [0, 0.1) is 5.92 Å². The van der Waals surface area contributed by atoms with Crippen LogP contribution in [0.2, 0.25) is 0 Å². The highest BCUT2D eigenvalue weighted by molar-refractivity contribution is 5.95. The molecule has 0 aliphatic carbocycles. The van der Waals surface area contributed by atoms with Gasteiger partial charge in [0, 0.05) is 24.7 Å². The third kappa shape index (κ3) is 2.50. The van der Waals surface area contributed by atoms with E-state index < -0.39 is 0 Å². The molecule has 0 saturated heterocycles. The van der Waals surface area contributed by atoms with Gasteiger partial charge in [0.1, 0.15) is 0 Å². The number of aryl methyl sites for hydroxylation is 1. The van der Waals surface area contributed by atoms with Crippen molar-refractivity contribution in [3.63, 3.8) is 0 Å². The molecule has 1 heterocycles. The van der Waals surface area contributed by atoms with Crippen LogP contribution in [0.15, 0.2) is 24.3 Å². The molecule has 2 rings (SSSR count). The van der Waals surface area contributed by atoms with E-state index in [0.717, 1.165) is 31.5 Å². The van der Waals surface area contributed by atoms with E-state index in [1.165, 1.54) is 5.56 Å². The highest BCUT2D eigenvalue weighted by atomic mass is 16.2. The number of amides is 1. The minimum Gasteiger partial charge on any atom is -0.330 e. The summed E-state index contributed by atoms with van der Waals surface area (Å²) in [6.07, 6.45) is 3.28. The predicted octanol–water partition coefficient (Wildman–Crippen LogP) is 1.95. The number of para-hydroxylation sites is 1. The third-order valence-electron chi connectivity index (χ3n) is 3.40. The van der Waals surface area contributed by atoms with Crippen molar-refractivity contribution in [3.8, 4) is 0 Å². The van der Waals surface area contributed by atoms with Crippen LogP contribution in [0.4, 0.5) is 5.69 Å². The average Bonchev–Trinajstić information content (AvgIpc) is 2.59. The Labute approximate surface area is 103 Å². The summed E-state index contributed by atoms with van der Waals surface area (Å²) >= 11 is 0. The Balaban J connectivity index is 2.31. The molecule has 0 aromatic heterocycles. The van der Waals surface area contributed by atoms with Gasteiger partial charge in [0.15, 0.2) is 0 Å². The summed E-state index contributed by atoms with van der Waals surface area (Å²) in [5, 5.41) is 0. The lowest BCUT2D eigenvalue weighted by Gasteiger charge is -2.25. The number of nitrogens with zero attached hydrogens (tertiary/aromatic N) is 1. The maximum Gasteiger partial charge on any atom is 0.231 e. The number of carbonyl (C=O) groups is 1. The lowest BCUT2D eigenvalue weighted by atomic mass is 10.1. The van der Waals surface area contributed by atoms with Gasteiger partial charge in [-0.3, -0.25) is 4.79 Å². The first-order valence-electron chi connectivity index (χ1n) is 6.33. The van der Waals surface area contributed by atoms with Crippen LogP contribution >= 0.6 is 0 Å². The molecule has 2 N–H and O–H groups in total. The van der Waals surface area contributed by atoms with E-state index in [4.69, 9.17) is 5.73 Å². The van der Waals surface area contributed by atoms with Crippen LogP contribution in [-0.4, -0.2) is 19.0 Å². The quantitative estimate of drug-likeness (QED) is 0.847. The molecule has 0 saturated carbocycles. The van der Waals surface area contributed by atoms with Gasteiger partial charge in [-0.2, -0.15) is 0 Å². The summed E-state index contributed by atoms with van der Waals surface area (Å²) in [6.45, 7) is 3.13. The monoisotopic (exact) mass is 232 g/mol. The minimum absolute atomic E-state index is 0.0962. The number of anilines is 1. The Kier molecular flexibility index (Phi) is 3.79. The second-order valence-electron chi connectivity index (χ2n) is 4.71.